The summed E-state index contributed by atoms with van der Waals surface area (Å²) in [6.45, 7) is 4.17. The summed E-state index contributed by atoms with van der Waals surface area (Å²) in [6, 6.07) is 5.28. The van der Waals surface area contributed by atoms with Crippen LogP contribution in [-0.4, -0.2) is 15.6 Å². The maximum Gasteiger partial charge on any atom is 0.168 e. The molecule has 0 saturated carbocycles. The molecular weight excluding hydrogens is 274 g/mol. The first kappa shape index (κ1) is 15.4. The lowest BCUT2D eigenvalue weighted by molar-refractivity contribution is 0.0991. The molecule has 1 aromatic heterocycles. The standard InChI is InChI=1S/C16H18F2N2O/c1-3-13(4-2)20-8-7-12(19-20)10-16(21)11-5-6-14(17)15(18)9-11/h5-9,13H,3-4,10H2,1-2H3. The van der Waals surface area contributed by atoms with Crippen molar-refractivity contribution < 1.29 is 13.6 Å². The molecule has 1 aromatic carbocycles. The zero-order chi connectivity index (χ0) is 15.4. The average molecular weight is 292 g/mol. The molecule has 0 aliphatic rings. The molecule has 0 radical (unpaired) electrons. The zero-order valence-corrected chi connectivity index (χ0v) is 12.1. The molecule has 2 aromatic rings. The highest BCUT2D eigenvalue weighted by atomic mass is 19.2. The minimum absolute atomic E-state index is 0.0816. The topological polar surface area (TPSA) is 34.9 Å². The van der Waals surface area contributed by atoms with Crippen LogP contribution in [0.15, 0.2) is 30.5 Å². The van der Waals surface area contributed by atoms with Gasteiger partial charge in [0, 0.05) is 11.8 Å². The fraction of sp³-hybridized carbons (Fsp3) is 0.375. The van der Waals surface area contributed by atoms with E-state index in [4.69, 9.17) is 0 Å². The second kappa shape index (κ2) is 6.61. The van der Waals surface area contributed by atoms with E-state index in [0.717, 1.165) is 25.0 Å². The van der Waals surface area contributed by atoms with Gasteiger partial charge in [0.05, 0.1) is 18.2 Å². The Labute approximate surface area is 122 Å². The van der Waals surface area contributed by atoms with Crippen LogP contribution in [0.25, 0.3) is 0 Å². The maximum absolute atomic E-state index is 13.1. The second-order valence-corrected chi connectivity index (χ2v) is 4.99. The van der Waals surface area contributed by atoms with Crippen molar-refractivity contribution >= 4 is 5.78 Å². The third-order valence-corrected chi connectivity index (χ3v) is 3.56. The lowest BCUT2D eigenvalue weighted by Crippen LogP contribution is -2.09. The molecule has 0 aliphatic carbocycles. The van der Waals surface area contributed by atoms with E-state index >= 15 is 0 Å². The van der Waals surface area contributed by atoms with E-state index in [-0.39, 0.29) is 17.8 Å². The van der Waals surface area contributed by atoms with Gasteiger partial charge < -0.3 is 0 Å². The molecule has 21 heavy (non-hydrogen) atoms. The molecule has 0 fully saturated rings. The van der Waals surface area contributed by atoms with Crippen molar-refractivity contribution in [2.45, 2.75) is 39.2 Å². The number of halogens is 2. The summed E-state index contributed by atoms with van der Waals surface area (Å²) in [5, 5.41) is 4.39. The monoisotopic (exact) mass is 292 g/mol. The summed E-state index contributed by atoms with van der Waals surface area (Å²) in [7, 11) is 0. The van der Waals surface area contributed by atoms with Crippen LogP contribution in [-0.2, 0) is 6.42 Å². The fourth-order valence-electron chi connectivity index (χ4n) is 2.27. The number of carbonyl (C=O) groups excluding carboxylic acids is 1. The molecule has 0 aliphatic heterocycles. The lowest BCUT2D eigenvalue weighted by atomic mass is 10.1. The van der Waals surface area contributed by atoms with Gasteiger partial charge in [0.1, 0.15) is 0 Å². The van der Waals surface area contributed by atoms with Crippen molar-refractivity contribution in [1.82, 2.24) is 9.78 Å². The molecule has 5 heteroatoms. The number of Topliss-reactive ketones (excluding diaryl/α,β-unsaturated/α-hetero) is 1. The normalized spacial score (nSPS) is 11.1. The van der Waals surface area contributed by atoms with Crippen molar-refractivity contribution in [2.24, 2.45) is 0 Å². The number of ketones is 1. The Kier molecular flexibility index (Phi) is 4.83. The Hall–Kier alpha value is -2.04. The smallest absolute Gasteiger partial charge is 0.168 e. The van der Waals surface area contributed by atoms with Crippen LogP contribution < -0.4 is 0 Å². The average Bonchev–Trinajstić information content (AvgIpc) is 2.91. The number of rotatable bonds is 6. The molecule has 0 amide bonds. The molecule has 2 rings (SSSR count). The quantitative estimate of drug-likeness (QED) is 0.756. The summed E-state index contributed by atoms with van der Waals surface area (Å²) in [6.07, 6.45) is 3.87. The first-order valence-corrected chi connectivity index (χ1v) is 7.07. The number of benzene rings is 1. The number of hydrogen-bond acceptors (Lipinski definition) is 2. The van der Waals surface area contributed by atoms with E-state index in [2.05, 4.69) is 18.9 Å². The van der Waals surface area contributed by atoms with E-state index in [1.807, 2.05) is 10.9 Å². The largest absolute Gasteiger partial charge is 0.294 e. The first-order chi connectivity index (χ1) is 10.0. The highest BCUT2D eigenvalue weighted by Crippen LogP contribution is 2.16. The van der Waals surface area contributed by atoms with Gasteiger partial charge in [0.25, 0.3) is 0 Å². The molecule has 1 heterocycles. The third-order valence-electron chi connectivity index (χ3n) is 3.56. The van der Waals surface area contributed by atoms with Gasteiger partial charge >= 0.3 is 0 Å². The second-order valence-electron chi connectivity index (χ2n) is 4.99. The molecule has 112 valence electrons. The Balaban J connectivity index is 2.11. The van der Waals surface area contributed by atoms with Crippen LogP contribution in [0.3, 0.4) is 0 Å². The van der Waals surface area contributed by atoms with Gasteiger partial charge in [-0.1, -0.05) is 13.8 Å². The Morgan fingerprint density at radius 3 is 2.52 bits per heavy atom. The molecule has 3 nitrogen and oxygen atoms in total. The zero-order valence-electron chi connectivity index (χ0n) is 12.1. The molecule has 0 atom stereocenters. The first-order valence-electron chi connectivity index (χ1n) is 7.07. The highest BCUT2D eigenvalue weighted by Gasteiger charge is 2.13. The van der Waals surface area contributed by atoms with Gasteiger partial charge in [-0.15, -0.1) is 0 Å². The van der Waals surface area contributed by atoms with E-state index in [1.165, 1.54) is 6.07 Å². The predicted octanol–water partition coefficient (Wildman–Crippen LogP) is 3.95. The van der Waals surface area contributed by atoms with Gasteiger partial charge in [0.15, 0.2) is 17.4 Å². The van der Waals surface area contributed by atoms with Crippen LogP contribution in [0.5, 0.6) is 0 Å². The minimum Gasteiger partial charge on any atom is -0.294 e. The van der Waals surface area contributed by atoms with Gasteiger partial charge in [-0.25, -0.2) is 8.78 Å². The van der Waals surface area contributed by atoms with E-state index in [1.54, 1.807) is 6.07 Å². The van der Waals surface area contributed by atoms with E-state index in [0.29, 0.717) is 11.7 Å². The Bertz CT molecular complexity index is 633. The summed E-state index contributed by atoms with van der Waals surface area (Å²) in [5.41, 5.74) is 0.794. The maximum atomic E-state index is 13.1. The van der Waals surface area contributed by atoms with Gasteiger partial charge in [0.2, 0.25) is 0 Å². The summed E-state index contributed by atoms with van der Waals surface area (Å²) in [4.78, 5) is 12.1. The predicted molar refractivity (Wildman–Crippen MR) is 76.2 cm³/mol. The Morgan fingerprint density at radius 2 is 1.90 bits per heavy atom. The van der Waals surface area contributed by atoms with Crippen LogP contribution >= 0.6 is 0 Å². The summed E-state index contributed by atoms with van der Waals surface area (Å²) >= 11 is 0. The summed E-state index contributed by atoms with van der Waals surface area (Å²) < 4.78 is 27.8. The van der Waals surface area contributed by atoms with Crippen molar-refractivity contribution in [3.8, 4) is 0 Å². The fourth-order valence-corrected chi connectivity index (χ4v) is 2.27. The third kappa shape index (κ3) is 3.54. The van der Waals surface area contributed by atoms with Crippen molar-refractivity contribution in [3.05, 3.63) is 53.4 Å². The molecule has 0 N–H and O–H groups in total. The lowest BCUT2D eigenvalue weighted by Gasteiger charge is -2.12. The Morgan fingerprint density at radius 1 is 1.19 bits per heavy atom. The number of aromatic nitrogens is 2. The van der Waals surface area contributed by atoms with Crippen LogP contribution in [0.4, 0.5) is 8.78 Å². The van der Waals surface area contributed by atoms with Crippen molar-refractivity contribution in [3.63, 3.8) is 0 Å². The molecular formula is C16H18F2N2O. The number of nitrogens with zero attached hydrogens (tertiary/aromatic N) is 2. The van der Waals surface area contributed by atoms with Crippen LogP contribution in [0, 0.1) is 11.6 Å². The van der Waals surface area contributed by atoms with Crippen LogP contribution in [0.2, 0.25) is 0 Å². The molecule has 0 saturated heterocycles. The number of hydrogen-bond donors (Lipinski definition) is 0. The molecule has 0 spiro atoms. The van der Waals surface area contributed by atoms with Crippen molar-refractivity contribution in [2.75, 3.05) is 0 Å². The van der Waals surface area contributed by atoms with Gasteiger partial charge in [-0.3, -0.25) is 9.48 Å². The van der Waals surface area contributed by atoms with Crippen molar-refractivity contribution in [1.29, 1.82) is 0 Å². The summed E-state index contributed by atoms with van der Waals surface area (Å²) in [5.74, 6) is -2.24. The highest BCUT2D eigenvalue weighted by molar-refractivity contribution is 5.97. The number of carbonyl (C=O) groups is 1. The van der Waals surface area contributed by atoms with E-state index < -0.39 is 11.6 Å². The molecule has 0 unspecified atom stereocenters. The minimum atomic E-state index is -1.01. The SMILES string of the molecule is CCC(CC)n1ccc(CC(=O)c2ccc(F)c(F)c2)n1. The molecule has 0 bridgehead atoms. The van der Waals surface area contributed by atoms with Gasteiger partial charge in [-0.05, 0) is 37.1 Å². The van der Waals surface area contributed by atoms with Gasteiger partial charge in [-0.2, -0.15) is 5.10 Å². The van der Waals surface area contributed by atoms with Crippen LogP contribution in [0.1, 0.15) is 48.8 Å². The van der Waals surface area contributed by atoms with E-state index in [9.17, 15) is 13.6 Å².